The Balaban J connectivity index is 1.69. The molecule has 0 unspecified atom stereocenters. The number of anilines is 1. The molecule has 0 radical (unpaired) electrons. The molecule has 2 aromatic carbocycles. The molecular weight excluding hydrogens is 563 g/mol. The van der Waals surface area contributed by atoms with Gasteiger partial charge in [-0.2, -0.15) is 4.57 Å². The molecule has 0 atom stereocenters. The number of thiazole rings is 1. The summed E-state index contributed by atoms with van der Waals surface area (Å²) in [5.41, 5.74) is 3.77. The summed E-state index contributed by atoms with van der Waals surface area (Å²) < 4.78 is 5.67. The van der Waals surface area contributed by atoms with Crippen molar-refractivity contribution in [2.45, 2.75) is 37.6 Å². The minimum atomic E-state index is 0.789. The molecule has 1 aliphatic rings. The zero-order valence-corrected chi connectivity index (χ0v) is 27.6. The molecule has 2 heterocycles. The Bertz CT molecular complexity index is 1380. The van der Waals surface area contributed by atoms with Crippen molar-refractivity contribution in [3.8, 4) is 0 Å². The first-order chi connectivity index (χ1) is 18.3. The van der Waals surface area contributed by atoms with Crippen LogP contribution in [0.5, 0.6) is 0 Å². The number of quaternary nitrogens is 2. The zero-order valence-electron chi connectivity index (χ0n) is 24.4. The smallest absolute Gasteiger partial charge is 0.263 e. The number of benzene rings is 2. The van der Waals surface area contributed by atoms with E-state index in [1.165, 1.54) is 36.4 Å². The molecule has 0 amide bonds. The fourth-order valence-corrected chi connectivity index (χ4v) is 7.42. The van der Waals surface area contributed by atoms with E-state index in [0.717, 1.165) is 64.5 Å². The van der Waals surface area contributed by atoms with Crippen molar-refractivity contribution in [1.82, 2.24) is 0 Å². The van der Waals surface area contributed by atoms with Gasteiger partial charge in [0.25, 0.3) is 5.01 Å². The van der Waals surface area contributed by atoms with E-state index in [1.807, 2.05) is 35.2 Å². The van der Waals surface area contributed by atoms with Gasteiger partial charge in [0.15, 0.2) is 6.54 Å². The summed E-state index contributed by atoms with van der Waals surface area (Å²) in [6.45, 7) is 6.45. The van der Waals surface area contributed by atoms with Crippen LogP contribution in [0.15, 0.2) is 58.0 Å². The average molecular weight is 607 g/mol. The molecule has 210 valence electrons. The molecule has 4 nitrogen and oxygen atoms in total. The van der Waals surface area contributed by atoms with Crippen LogP contribution >= 0.6 is 46.3 Å². The molecular formula is C31H43Cl2N4S2+3. The predicted octanol–water partition coefficient (Wildman–Crippen LogP) is 7.94. The minimum absolute atomic E-state index is 0.789. The molecule has 8 heteroatoms. The van der Waals surface area contributed by atoms with E-state index in [0.29, 0.717) is 0 Å². The Morgan fingerprint density at radius 3 is 2.28 bits per heavy atom. The van der Waals surface area contributed by atoms with Gasteiger partial charge in [0.1, 0.15) is 4.70 Å². The Kier molecular flexibility index (Phi) is 9.78. The molecule has 0 N–H and O–H groups in total. The highest BCUT2D eigenvalue weighted by atomic mass is 35.5. The lowest BCUT2D eigenvalue weighted by Gasteiger charge is -2.26. The van der Waals surface area contributed by atoms with Gasteiger partial charge in [0.2, 0.25) is 5.52 Å². The third kappa shape index (κ3) is 8.25. The second-order valence-electron chi connectivity index (χ2n) is 12.4. The van der Waals surface area contributed by atoms with Crippen LogP contribution in [0.4, 0.5) is 5.69 Å². The van der Waals surface area contributed by atoms with Crippen LogP contribution in [-0.2, 0) is 6.54 Å². The first kappa shape index (κ1) is 30.4. The SMILES string of the molecule is CCC(/C=C1\Sc2ccc(Cl)cc2N1CCC[N+](C)(C)C)=C\c1sc2ccc(Cl)cc2[n+]1CCC[N+](C)(C)C. The van der Waals surface area contributed by atoms with Crippen LogP contribution in [0.25, 0.3) is 16.3 Å². The van der Waals surface area contributed by atoms with E-state index in [2.05, 4.69) is 95.1 Å². The normalized spacial score (nSPS) is 15.6. The molecule has 0 saturated carbocycles. The highest BCUT2D eigenvalue weighted by molar-refractivity contribution is 8.03. The highest BCUT2D eigenvalue weighted by Crippen LogP contribution is 2.47. The third-order valence-corrected chi connectivity index (χ3v) is 9.53. The molecule has 3 aromatic rings. The molecule has 4 rings (SSSR count). The number of thioether (sulfide) groups is 1. The maximum atomic E-state index is 6.44. The quantitative estimate of drug-likeness (QED) is 0.162. The van der Waals surface area contributed by atoms with Gasteiger partial charge in [0.05, 0.1) is 72.5 Å². The number of aromatic nitrogens is 1. The fraction of sp³-hybridized carbons (Fsp3) is 0.452. The van der Waals surface area contributed by atoms with E-state index in [-0.39, 0.29) is 0 Å². The summed E-state index contributed by atoms with van der Waals surface area (Å²) in [5, 5.41) is 4.14. The van der Waals surface area contributed by atoms with Gasteiger partial charge in [-0.25, -0.2) is 0 Å². The number of allylic oxidation sites excluding steroid dienone is 2. The maximum Gasteiger partial charge on any atom is 0.263 e. The minimum Gasteiger partial charge on any atom is -0.335 e. The summed E-state index contributed by atoms with van der Waals surface area (Å²) >= 11 is 16.6. The van der Waals surface area contributed by atoms with Crippen LogP contribution in [0.2, 0.25) is 10.0 Å². The van der Waals surface area contributed by atoms with Gasteiger partial charge in [-0.05, 0) is 48.4 Å². The van der Waals surface area contributed by atoms with Gasteiger partial charge >= 0.3 is 0 Å². The molecule has 1 aromatic heterocycles. The molecule has 1 aliphatic heterocycles. The van der Waals surface area contributed by atoms with Crippen LogP contribution < -0.4 is 9.47 Å². The Morgan fingerprint density at radius 1 is 0.923 bits per heavy atom. The lowest BCUT2D eigenvalue weighted by atomic mass is 10.2. The molecule has 0 bridgehead atoms. The van der Waals surface area contributed by atoms with Crippen LogP contribution in [0.3, 0.4) is 0 Å². The second-order valence-corrected chi connectivity index (χ2v) is 15.4. The lowest BCUT2D eigenvalue weighted by Crippen LogP contribution is -2.40. The fourth-order valence-electron chi connectivity index (χ4n) is 4.79. The van der Waals surface area contributed by atoms with Crippen LogP contribution in [0.1, 0.15) is 31.2 Å². The van der Waals surface area contributed by atoms with E-state index < -0.39 is 0 Å². The number of rotatable bonds is 11. The van der Waals surface area contributed by atoms with Gasteiger partial charge in [-0.1, -0.05) is 53.2 Å². The second kappa shape index (κ2) is 12.5. The van der Waals surface area contributed by atoms with Crippen molar-refractivity contribution in [2.75, 3.05) is 66.8 Å². The number of fused-ring (bicyclic) bond motifs is 2. The Hall–Kier alpha value is -1.54. The largest absolute Gasteiger partial charge is 0.335 e. The maximum absolute atomic E-state index is 6.44. The third-order valence-electron chi connectivity index (χ3n) is 6.83. The Morgan fingerprint density at radius 2 is 1.59 bits per heavy atom. The summed E-state index contributed by atoms with van der Waals surface area (Å²) in [5.74, 6) is 0. The van der Waals surface area contributed by atoms with Crippen molar-refractivity contribution < 1.29 is 13.5 Å². The van der Waals surface area contributed by atoms with Crippen LogP contribution in [0, 0.1) is 0 Å². The molecule has 39 heavy (non-hydrogen) atoms. The van der Waals surface area contributed by atoms with E-state index in [1.54, 1.807) is 0 Å². The van der Waals surface area contributed by atoms with Gasteiger partial charge < -0.3 is 13.9 Å². The van der Waals surface area contributed by atoms with Gasteiger partial charge in [-0.15, -0.1) is 0 Å². The first-order valence-corrected chi connectivity index (χ1v) is 16.1. The van der Waals surface area contributed by atoms with E-state index in [9.17, 15) is 0 Å². The van der Waals surface area contributed by atoms with Gasteiger partial charge in [0, 0.05) is 40.0 Å². The number of hydrogen-bond acceptors (Lipinski definition) is 3. The number of nitrogens with zero attached hydrogens (tertiary/aromatic N) is 4. The molecule has 0 aliphatic carbocycles. The van der Waals surface area contributed by atoms with Gasteiger partial charge in [-0.3, -0.25) is 0 Å². The topological polar surface area (TPSA) is 7.12 Å². The summed E-state index contributed by atoms with van der Waals surface area (Å²) in [7, 11) is 13.5. The number of aryl methyl sites for hydroxylation is 1. The average Bonchev–Trinajstić information content (AvgIpc) is 3.34. The number of hydrogen-bond donors (Lipinski definition) is 0. The van der Waals surface area contributed by atoms with Crippen molar-refractivity contribution in [3.63, 3.8) is 0 Å². The monoisotopic (exact) mass is 605 g/mol. The number of halogens is 2. The van der Waals surface area contributed by atoms with Crippen molar-refractivity contribution in [1.29, 1.82) is 0 Å². The van der Waals surface area contributed by atoms with Crippen molar-refractivity contribution in [2.24, 2.45) is 0 Å². The summed E-state index contributed by atoms with van der Waals surface area (Å²) in [6, 6.07) is 12.5. The first-order valence-electron chi connectivity index (χ1n) is 13.7. The highest BCUT2D eigenvalue weighted by Gasteiger charge is 2.27. The summed E-state index contributed by atoms with van der Waals surface area (Å²) in [6.07, 6.45) is 7.96. The van der Waals surface area contributed by atoms with E-state index in [4.69, 9.17) is 23.2 Å². The van der Waals surface area contributed by atoms with Crippen molar-refractivity contribution in [3.05, 3.63) is 68.1 Å². The predicted molar refractivity (Wildman–Crippen MR) is 173 cm³/mol. The standard InChI is InChI=1S/C31H43Cl2N4S2/c1-8-23(19-30-34(15-9-17-36(2,3)4)26-21-24(32)11-13-28(26)38-30)20-31-35(16-10-18-37(5,6)7)27-22-25(33)12-14-29(27)39-31/h11-14,19-22H,8-10,15-18H2,1-7H3/q+3. The Labute approximate surface area is 253 Å². The van der Waals surface area contributed by atoms with E-state index >= 15 is 0 Å². The van der Waals surface area contributed by atoms with Crippen molar-refractivity contribution >= 4 is 68.3 Å². The molecule has 0 saturated heterocycles. The van der Waals surface area contributed by atoms with Crippen LogP contribution in [-0.4, -0.2) is 70.9 Å². The lowest BCUT2D eigenvalue weighted by molar-refractivity contribution is -0.873. The zero-order chi connectivity index (χ0) is 28.4. The summed E-state index contributed by atoms with van der Waals surface area (Å²) in [4.78, 5) is 3.74. The molecule has 0 spiro atoms. The molecule has 0 fully saturated rings.